The highest BCUT2D eigenvalue weighted by molar-refractivity contribution is 9.10. The minimum atomic E-state index is -0.550. The molecule has 1 N–H and O–H groups in total. The van der Waals surface area contributed by atoms with Crippen molar-refractivity contribution in [2.45, 2.75) is 20.8 Å². The summed E-state index contributed by atoms with van der Waals surface area (Å²) in [7, 11) is 0. The lowest BCUT2D eigenvalue weighted by Gasteiger charge is -2.26. The molecular formula is C14H17BrN2O2. The lowest BCUT2D eigenvalue weighted by molar-refractivity contribution is -0.112. The largest absolute Gasteiger partial charge is 0.371 e. The number of anilines is 2. The van der Waals surface area contributed by atoms with E-state index in [1.54, 1.807) is 6.07 Å². The van der Waals surface area contributed by atoms with E-state index >= 15 is 0 Å². The number of benzene rings is 1. The summed E-state index contributed by atoms with van der Waals surface area (Å²) in [5, 5.41) is 2.61. The summed E-state index contributed by atoms with van der Waals surface area (Å²) >= 11 is 3.50. The van der Waals surface area contributed by atoms with Crippen molar-refractivity contribution in [2.24, 2.45) is 5.92 Å². The number of halogens is 1. The summed E-state index contributed by atoms with van der Waals surface area (Å²) in [6.45, 7) is 8.21. The van der Waals surface area contributed by atoms with Crippen molar-refractivity contribution in [3.05, 3.63) is 22.2 Å². The smallest absolute Gasteiger partial charge is 0.296 e. The van der Waals surface area contributed by atoms with E-state index in [-0.39, 0.29) is 0 Å². The topological polar surface area (TPSA) is 49.4 Å². The first-order chi connectivity index (χ1) is 8.93. The average molecular weight is 325 g/mol. The van der Waals surface area contributed by atoms with Gasteiger partial charge in [-0.3, -0.25) is 9.59 Å². The van der Waals surface area contributed by atoms with Crippen LogP contribution in [-0.4, -0.2) is 24.8 Å². The predicted molar refractivity (Wildman–Crippen MR) is 79.8 cm³/mol. The molecule has 1 aromatic rings. The van der Waals surface area contributed by atoms with Gasteiger partial charge in [0.1, 0.15) is 0 Å². The molecule has 0 bridgehead atoms. The molecule has 1 aliphatic rings. The van der Waals surface area contributed by atoms with Crippen LogP contribution in [0, 0.1) is 5.92 Å². The zero-order valence-corrected chi connectivity index (χ0v) is 12.9. The number of carbonyl (C=O) groups is 2. The molecule has 2 rings (SSSR count). The summed E-state index contributed by atoms with van der Waals surface area (Å²) in [5.41, 5.74) is 2.06. The van der Waals surface area contributed by atoms with Crippen LogP contribution in [0.5, 0.6) is 0 Å². The lowest BCUT2D eigenvalue weighted by atomic mass is 10.1. The van der Waals surface area contributed by atoms with Gasteiger partial charge >= 0.3 is 0 Å². The van der Waals surface area contributed by atoms with Gasteiger partial charge in [0, 0.05) is 17.6 Å². The van der Waals surface area contributed by atoms with E-state index in [4.69, 9.17) is 0 Å². The minimum absolute atomic E-state index is 0.446. The normalized spacial score (nSPS) is 13.7. The maximum atomic E-state index is 11.6. The molecular weight excluding hydrogens is 308 g/mol. The van der Waals surface area contributed by atoms with Crippen LogP contribution in [0.25, 0.3) is 0 Å². The van der Waals surface area contributed by atoms with Crippen LogP contribution in [0.15, 0.2) is 16.6 Å². The third kappa shape index (κ3) is 2.66. The van der Waals surface area contributed by atoms with E-state index in [1.807, 2.05) is 6.07 Å². The van der Waals surface area contributed by atoms with Gasteiger partial charge in [-0.05, 0) is 40.9 Å². The monoisotopic (exact) mass is 324 g/mol. The molecule has 0 saturated heterocycles. The minimum Gasteiger partial charge on any atom is -0.371 e. The zero-order valence-electron chi connectivity index (χ0n) is 11.3. The molecule has 5 heteroatoms. The average Bonchev–Trinajstić information content (AvgIpc) is 2.62. The molecule has 1 amide bonds. The number of ketones is 1. The summed E-state index contributed by atoms with van der Waals surface area (Å²) in [6.07, 6.45) is 0. The van der Waals surface area contributed by atoms with Gasteiger partial charge in [-0.15, -0.1) is 0 Å². The fraction of sp³-hybridized carbons (Fsp3) is 0.429. The van der Waals surface area contributed by atoms with Crippen molar-refractivity contribution in [3.63, 3.8) is 0 Å². The van der Waals surface area contributed by atoms with Gasteiger partial charge < -0.3 is 10.2 Å². The number of nitrogens with zero attached hydrogens (tertiary/aromatic N) is 1. The maximum Gasteiger partial charge on any atom is 0.296 e. The molecule has 0 aromatic heterocycles. The first-order valence-electron chi connectivity index (χ1n) is 6.38. The van der Waals surface area contributed by atoms with E-state index in [0.717, 1.165) is 23.2 Å². The van der Waals surface area contributed by atoms with E-state index in [9.17, 15) is 9.59 Å². The number of nitrogens with one attached hydrogen (secondary N) is 1. The summed E-state index contributed by atoms with van der Waals surface area (Å²) in [4.78, 5) is 25.2. The van der Waals surface area contributed by atoms with Gasteiger partial charge in [0.25, 0.3) is 11.7 Å². The van der Waals surface area contributed by atoms with Crippen LogP contribution >= 0.6 is 15.9 Å². The molecule has 1 aliphatic heterocycles. The number of hydrogen-bond donors (Lipinski definition) is 1. The molecule has 0 unspecified atom stereocenters. The van der Waals surface area contributed by atoms with Crippen molar-refractivity contribution in [2.75, 3.05) is 23.3 Å². The van der Waals surface area contributed by atoms with Crippen molar-refractivity contribution in [1.29, 1.82) is 0 Å². The molecule has 1 aromatic carbocycles. The highest BCUT2D eigenvalue weighted by Crippen LogP contribution is 2.35. The highest BCUT2D eigenvalue weighted by atomic mass is 79.9. The second kappa shape index (κ2) is 5.33. The maximum absolute atomic E-state index is 11.6. The second-order valence-corrected chi connectivity index (χ2v) is 5.92. The molecule has 0 fully saturated rings. The molecule has 0 aliphatic carbocycles. The van der Waals surface area contributed by atoms with Gasteiger partial charge in [0.2, 0.25) is 0 Å². The van der Waals surface area contributed by atoms with Gasteiger partial charge in [0.15, 0.2) is 0 Å². The third-order valence-electron chi connectivity index (χ3n) is 3.09. The Hall–Kier alpha value is -1.36. The number of carbonyl (C=O) groups excluding carboxylic acids is 2. The fourth-order valence-corrected chi connectivity index (χ4v) is 2.83. The highest BCUT2D eigenvalue weighted by Gasteiger charge is 2.29. The van der Waals surface area contributed by atoms with Crippen LogP contribution in [-0.2, 0) is 4.79 Å². The Bertz CT molecular complexity index is 540. The van der Waals surface area contributed by atoms with E-state index < -0.39 is 11.7 Å². The van der Waals surface area contributed by atoms with Crippen LogP contribution in [0.1, 0.15) is 31.1 Å². The van der Waals surface area contributed by atoms with Gasteiger partial charge in [-0.1, -0.05) is 13.8 Å². The Labute approximate surface area is 121 Å². The van der Waals surface area contributed by atoms with Crippen molar-refractivity contribution in [3.8, 4) is 0 Å². The second-order valence-electron chi connectivity index (χ2n) is 5.06. The standard InChI is InChI=1S/C14H17BrN2O2/c1-4-17(7-8(2)3)12-6-11-9(5-10(12)15)13(18)14(19)16-11/h5-6,8H,4,7H2,1-3H3,(H,16,18,19). The summed E-state index contributed by atoms with van der Waals surface area (Å²) in [5.74, 6) is -0.476. The quantitative estimate of drug-likeness (QED) is 0.866. The number of Topliss-reactive ketones (excluding diaryl/α,β-unsaturated/α-hetero) is 1. The fourth-order valence-electron chi connectivity index (χ4n) is 2.24. The Balaban J connectivity index is 2.41. The van der Waals surface area contributed by atoms with Gasteiger partial charge in [-0.2, -0.15) is 0 Å². The van der Waals surface area contributed by atoms with E-state index in [2.05, 4.69) is 46.9 Å². The van der Waals surface area contributed by atoms with Crippen LogP contribution in [0.2, 0.25) is 0 Å². The first kappa shape index (κ1) is 14.1. The molecule has 102 valence electrons. The zero-order chi connectivity index (χ0) is 14.2. The summed E-state index contributed by atoms with van der Waals surface area (Å²) < 4.78 is 0.846. The van der Waals surface area contributed by atoms with Crippen molar-refractivity contribution >= 4 is 39.0 Å². The van der Waals surface area contributed by atoms with Gasteiger partial charge in [0.05, 0.1) is 16.9 Å². The molecule has 0 atom stereocenters. The Morgan fingerprint density at radius 3 is 2.58 bits per heavy atom. The SMILES string of the molecule is CCN(CC(C)C)c1cc2c(cc1Br)C(=O)C(=O)N2. The Morgan fingerprint density at radius 2 is 2.00 bits per heavy atom. The van der Waals surface area contributed by atoms with E-state index in [0.29, 0.717) is 17.2 Å². The molecule has 0 spiro atoms. The first-order valence-corrected chi connectivity index (χ1v) is 7.17. The molecule has 19 heavy (non-hydrogen) atoms. The van der Waals surface area contributed by atoms with Crippen LogP contribution in [0.3, 0.4) is 0 Å². The molecule has 0 radical (unpaired) electrons. The number of fused-ring (bicyclic) bond motifs is 1. The van der Waals surface area contributed by atoms with Crippen LogP contribution < -0.4 is 10.2 Å². The Morgan fingerprint density at radius 1 is 1.32 bits per heavy atom. The number of hydrogen-bond acceptors (Lipinski definition) is 3. The molecule has 1 heterocycles. The van der Waals surface area contributed by atoms with Crippen molar-refractivity contribution < 1.29 is 9.59 Å². The molecule has 4 nitrogen and oxygen atoms in total. The Kier molecular flexibility index (Phi) is 3.94. The lowest BCUT2D eigenvalue weighted by Crippen LogP contribution is -2.27. The van der Waals surface area contributed by atoms with E-state index in [1.165, 1.54) is 0 Å². The third-order valence-corrected chi connectivity index (χ3v) is 3.73. The van der Waals surface area contributed by atoms with Crippen LogP contribution in [0.4, 0.5) is 11.4 Å². The van der Waals surface area contributed by atoms with Gasteiger partial charge in [-0.25, -0.2) is 0 Å². The molecule has 0 saturated carbocycles. The predicted octanol–water partition coefficient (Wildman–Crippen LogP) is 3.07. The number of rotatable bonds is 4. The van der Waals surface area contributed by atoms with Crippen molar-refractivity contribution in [1.82, 2.24) is 0 Å². The summed E-state index contributed by atoms with van der Waals surface area (Å²) in [6, 6.07) is 3.60. The number of amides is 1.